The van der Waals surface area contributed by atoms with Crippen LogP contribution in [-0.4, -0.2) is 16.1 Å². The molecule has 4 heteroatoms. The van der Waals surface area contributed by atoms with Crippen LogP contribution in [0.15, 0.2) is 41.4 Å². The third-order valence-corrected chi connectivity index (χ3v) is 3.53. The van der Waals surface area contributed by atoms with Crippen LogP contribution in [0.5, 0.6) is 0 Å². The molecule has 0 atom stereocenters. The fourth-order valence-corrected chi connectivity index (χ4v) is 1.91. The molecule has 0 fully saturated rings. The molecule has 3 nitrogen and oxygen atoms in total. The normalized spacial score (nSPS) is 10.5. The molecule has 1 aromatic carbocycles. The van der Waals surface area contributed by atoms with Gasteiger partial charge in [-0.25, -0.2) is 4.98 Å². The lowest BCUT2D eigenvalue weighted by atomic mass is 10.2. The summed E-state index contributed by atoms with van der Waals surface area (Å²) in [6, 6.07) is 6.32. The standard InChI is InChI=1S/C13H16BrN3/c1-11-9-12(3-4-13(11)14)16-5-2-7-17-8-6-15-10-17/h3-4,6,8-10,16H,2,5,7H2,1H3. The maximum Gasteiger partial charge on any atom is 0.0945 e. The first kappa shape index (κ1) is 12.2. The lowest BCUT2D eigenvalue weighted by Crippen LogP contribution is -2.05. The van der Waals surface area contributed by atoms with E-state index in [4.69, 9.17) is 0 Å². The predicted molar refractivity (Wildman–Crippen MR) is 74.2 cm³/mol. The van der Waals surface area contributed by atoms with Crippen molar-refractivity contribution in [2.24, 2.45) is 0 Å². The second-order valence-corrected chi connectivity index (χ2v) is 4.90. The van der Waals surface area contributed by atoms with E-state index in [9.17, 15) is 0 Å². The molecule has 1 heterocycles. The number of imidazole rings is 1. The van der Waals surface area contributed by atoms with Gasteiger partial charge in [-0.3, -0.25) is 0 Å². The van der Waals surface area contributed by atoms with Gasteiger partial charge < -0.3 is 9.88 Å². The molecule has 2 rings (SSSR count). The Hall–Kier alpha value is -1.29. The smallest absolute Gasteiger partial charge is 0.0945 e. The van der Waals surface area contributed by atoms with Crippen molar-refractivity contribution in [1.29, 1.82) is 0 Å². The summed E-state index contributed by atoms with van der Waals surface area (Å²) < 4.78 is 3.25. The molecule has 0 bridgehead atoms. The van der Waals surface area contributed by atoms with Crippen LogP contribution in [0.1, 0.15) is 12.0 Å². The van der Waals surface area contributed by atoms with Crippen molar-refractivity contribution in [3.8, 4) is 0 Å². The lowest BCUT2D eigenvalue weighted by Gasteiger charge is -2.08. The van der Waals surface area contributed by atoms with Gasteiger partial charge in [0.05, 0.1) is 6.33 Å². The number of nitrogens with one attached hydrogen (secondary N) is 1. The highest BCUT2D eigenvalue weighted by Gasteiger charge is 1.96. The minimum atomic E-state index is 0.971. The molecule has 1 N–H and O–H groups in total. The number of anilines is 1. The van der Waals surface area contributed by atoms with E-state index in [1.165, 1.54) is 11.3 Å². The van der Waals surface area contributed by atoms with Crippen LogP contribution in [-0.2, 0) is 6.54 Å². The number of benzene rings is 1. The molecule has 0 radical (unpaired) electrons. The molecule has 90 valence electrons. The van der Waals surface area contributed by atoms with Gasteiger partial charge in [0, 0.05) is 35.6 Å². The summed E-state index contributed by atoms with van der Waals surface area (Å²) in [5.74, 6) is 0. The summed E-state index contributed by atoms with van der Waals surface area (Å²) in [6.45, 7) is 4.07. The molecule has 0 amide bonds. The number of aryl methyl sites for hydroxylation is 2. The van der Waals surface area contributed by atoms with Crippen LogP contribution in [0.3, 0.4) is 0 Å². The molecule has 0 aliphatic rings. The van der Waals surface area contributed by atoms with Gasteiger partial charge in [0.2, 0.25) is 0 Å². The van der Waals surface area contributed by atoms with Gasteiger partial charge >= 0.3 is 0 Å². The summed E-state index contributed by atoms with van der Waals surface area (Å²) in [5.41, 5.74) is 2.43. The summed E-state index contributed by atoms with van der Waals surface area (Å²) in [5, 5.41) is 3.42. The van der Waals surface area contributed by atoms with E-state index in [2.05, 4.69) is 55.9 Å². The van der Waals surface area contributed by atoms with E-state index in [0.717, 1.165) is 24.0 Å². The highest BCUT2D eigenvalue weighted by molar-refractivity contribution is 9.10. The molecule has 0 saturated heterocycles. The van der Waals surface area contributed by atoms with Crippen LogP contribution in [0, 0.1) is 6.92 Å². The first-order valence-electron chi connectivity index (χ1n) is 5.71. The zero-order chi connectivity index (χ0) is 12.1. The first-order valence-corrected chi connectivity index (χ1v) is 6.51. The fraction of sp³-hybridized carbons (Fsp3) is 0.308. The molecule has 0 aliphatic carbocycles. The average Bonchev–Trinajstić information content (AvgIpc) is 2.82. The average molecular weight is 294 g/mol. The van der Waals surface area contributed by atoms with Crippen molar-refractivity contribution in [3.63, 3.8) is 0 Å². The van der Waals surface area contributed by atoms with Crippen molar-refractivity contribution in [1.82, 2.24) is 9.55 Å². The summed E-state index contributed by atoms with van der Waals surface area (Å²) in [6.07, 6.45) is 6.74. The maximum atomic E-state index is 4.02. The van der Waals surface area contributed by atoms with E-state index >= 15 is 0 Å². The van der Waals surface area contributed by atoms with Crippen LogP contribution < -0.4 is 5.32 Å². The summed E-state index contributed by atoms with van der Waals surface area (Å²) in [7, 11) is 0. The second kappa shape index (κ2) is 5.87. The van der Waals surface area contributed by atoms with Gasteiger partial charge in [0.1, 0.15) is 0 Å². The Kier molecular flexibility index (Phi) is 4.20. The van der Waals surface area contributed by atoms with Gasteiger partial charge in [-0.05, 0) is 37.1 Å². The van der Waals surface area contributed by atoms with Crippen molar-refractivity contribution in [2.75, 3.05) is 11.9 Å². The fourth-order valence-electron chi connectivity index (χ4n) is 1.67. The third-order valence-electron chi connectivity index (χ3n) is 2.64. The molecule has 17 heavy (non-hydrogen) atoms. The van der Waals surface area contributed by atoms with Crippen molar-refractivity contribution in [2.45, 2.75) is 19.9 Å². The molecule has 0 spiro atoms. The first-order chi connectivity index (χ1) is 8.25. The van der Waals surface area contributed by atoms with Gasteiger partial charge in [-0.15, -0.1) is 0 Å². The van der Waals surface area contributed by atoms with Crippen LogP contribution in [0.2, 0.25) is 0 Å². The lowest BCUT2D eigenvalue weighted by molar-refractivity contribution is 0.661. The van der Waals surface area contributed by atoms with Gasteiger partial charge in [-0.2, -0.15) is 0 Å². The molecular weight excluding hydrogens is 278 g/mol. The Balaban J connectivity index is 1.76. The highest BCUT2D eigenvalue weighted by atomic mass is 79.9. The van der Waals surface area contributed by atoms with Crippen molar-refractivity contribution < 1.29 is 0 Å². The Bertz CT molecular complexity index is 466. The summed E-state index contributed by atoms with van der Waals surface area (Å²) in [4.78, 5) is 4.02. The second-order valence-electron chi connectivity index (χ2n) is 4.04. The minimum Gasteiger partial charge on any atom is -0.385 e. The number of rotatable bonds is 5. The quantitative estimate of drug-likeness (QED) is 0.856. The van der Waals surface area contributed by atoms with Gasteiger partial charge in [0.25, 0.3) is 0 Å². The van der Waals surface area contributed by atoms with Crippen molar-refractivity contribution in [3.05, 3.63) is 47.0 Å². The molecular formula is C13H16BrN3. The number of aromatic nitrogens is 2. The van der Waals surface area contributed by atoms with E-state index in [1.54, 1.807) is 0 Å². The molecule has 0 aliphatic heterocycles. The predicted octanol–water partition coefficient (Wildman–Crippen LogP) is 3.46. The van der Waals surface area contributed by atoms with E-state index < -0.39 is 0 Å². The Labute approximate surface area is 110 Å². The maximum absolute atomic E-state index is 4.02. The zero-order valence-electron chi connectivity index (χ0n) is 9.86. The molecule has 1 aromatic heterocycles. The molecule has 2 aromatic rings. The Morgan fingerprint density at radius 1 is 1.41 bits per heavy atom. The Morgan fingerprint density at radius 3 is 3.00 bits per heavy atom. The van der Waals surface area contributed by atoms with E-state index in [-0.39, 0.29) is 0 Å². The number of nitrogens with zero attached hydrogens (tertiary/aromatic N) is 2. The molecule has 0 saturated carbocycles. The topological polar surface area (TPSA) is 29.9 Å². The van der Waals surface area contributed by atoms with Crippen molar-refractivity contribution >= 4 is 21.6 Å². The Morgan fingerprint density at radius 2 is 2.29 bits per heavy atom. The van der Waals surface area contributed by atoms with Gasteiger partial charge in [0.15, 0.2) is 0 Å². The van der Waals surface area contributed by atoms with Crippen LogP contribution >= 0.6 is 15.9 Å². The monoisotopic (exact) mass is 293 g/mol. The SMILES string of the molecule is Cc1cc(NCCCn2ccnc2)ccc1Br. The van der Waals surface area contributed by atoms with Crippen LogP contribution in [0.25, 0.3) is 0 Å². The van der Waals surface area contributed by atoms with Gasteiger partial charge in [-0.1, -0.05) is 15.9 Å². The largest absolute Gasteiger partial charge is 0.385 e. The number of halogens is 1. The van der Waals surface area contributed by atoms with E-state index in [1.807, 2.05) is 18.7 Å². The summed E-state index contributed by atoms with van der Waals surface area (Å²) >= 11 is 3.50. The number of hydrogen-bond acceptors (Lipinski definition) is 2. The third kappa shape index (κ3) is 3.60. The number of hydrogen-bond donors (Lipinski definition) is 1. The molecule has 0 unspecified atom stereocenters. The minimum absolute atomic E-state index is 0.971. The van der Waals surface area contributed by atoms with Crippen LogP contribution in [0.4, 0.5) is 5.69 Å². The highest BCUT2D eigenvalue weighted by Crippen LogP contribution is 2.19. The van der Waals surface area contributed by atoms with E-state index in [0.29, 0.717) is 0 Å². The zero-order valence-corrected chi connectivity index (χ0v) is 11.4.